The second-order valence-electron chi connectivity index (χ2n) is 2.68. The second kappa shape index (κ2) is 3.97. The highest BCUT2D eigenvalue weighted by Gasteiger charge is 2.06. The van der Waals surface area contributed by atoms with Crippen molar-refractivity contribution < 1.29 is 9.90 Å². The lowest BCUT2D eigenvalue weighted by Crippen LogP contribution is -2.00. The van der Waals surface area contributed by atoms with Crippen molar-refractivity contribution in [2.24, 2.45) is 0 Å². The predicted molar refractivity (Wildman–Crippen MR) is 44.6 cm³/mol. The molecule has 0 radical (unpaired) electrons. The molecular formula is C9H11NO2. The number of aldehydes is 1. The maximum atomic E-state index is 10.1. The van der Waals surface area contributed by atoms with Crippen LogP contribution in [-0.4, -0.2) is 16.4 Å². The molecule has 1 aromatic rings. The van der Waals surface area contributed by atoms with Crippen molar-refractivity contribution in [3.05, 3.63) is 29.6 Å². The molecule has 3 heteroatoms. The summed E-state index contributed by atoms with van der Waals surface area (Å²) in [6.45, 7) is 1.92. The average Bonchev–Trinajstić information content (AvgIpc) is 2.06. The maximum Gasteiger partial charge on any atom is 0.122 e. The van der Waals surface area contributed by atoms with Crippen molar-refractivity contribution in [3.63, 3.8) is 0 Å². The lowest BCUT2D eigenvalue weighted by molar-refractivity contribution is -0.109. The van der Waals surface area contributed by atoms with E-state index in [1.54, 1.807) is 12.3 Å². The molecule has 1 atom stereocenters. The molecule has 0 saturated heterocycles. The van der Waals surface area contributed by atoms with E-state index in [0.717, 1.165) is 5.56 Å². The van der Waals surface area contributed by atoms with E-state index in [4.69, 9.17) is 0 Å². The molecule has 12 heavy (non-hydrogen) atoms. The average molecular weight is 165 g/mol. The molecule has 0 aliphatic rings. The van der Waals surface area contributed by atoms with Crippen molar-refractivity contribution in [2.75, 3.05) is 0 Å². The van der Waals surface area contributed by atoms with Gasteiger partial charge in [-0.3, -0.25) is 4.98 Å². The number of carbonyl (C=O) groups is 1. The predicted octanol–water partition coefficient (Wildman–Crippen LogP) is 1.01. The van der Waals surface area contributed by atoms with Crippen LogP contribution in [-0.2, 0) is 4.79 Å². The van der Waals surface area contributed by atoms with Crippen molar-refractivity contribution in [1.82, 2.24) is 4.98 Å². The molecular weight excluding hydrogens is 154 g/mol. The third-order valence-corrected chi connectivity index (χ3v) is 1.60. The Morgan fingerprint density at radius 2 is 2.42 bits per heavy atom. The molecule has 0 bridgehead atoms. The number of carbonyl (C=O) groups excluding carboxylic acids is 1. The van der Waals surface area contributed by atoms with Crippen LogP contribution in [0.3, 0.4) is 0 Å². The topological polar surface area (TPSA) is 50.2 Å². The van der Waals surface area contributed by atoms with E-state index < -0.39 is 6.10 Å². The van der Waals surface area contributed by atoms with Crippen molar-refractivity contribution in [3.8, 4) is 0 Å². The fraction of sp³-hybridized carbons (Fsp3) is 0.333. The number of hydrogen-bond donors (Lipinski definition) is 1. The zero-order valence-electron chi connectivity index (χ0n) is 6.90. The Morgan fingerprint density at radius 3 is 2.92 bits per heavy atom. The molecule has 3 nitrogen and oxygen atoms in total. The monoisotopic (exact) mass is 165 g/mol. The quantitative estimate of drug-likeness (QED) is 0.680. The minimum absolute atomic E-state index is 0.107. The lowest BCUT2D eigenvalue weighted by Gasteiger charge is -2.05. The summed E-state index contributed by atoms with van der Waals surface area (Å²) < 4.78 is 0. The van der Waals surface area contributed by atoms with Crippen LogP contribution in [0.1, 0.15) is 23.8 Å². The molecule has 0 aliphatic heterocycles. The summed E-state index contributed by atoms with van der Waals surface area (Å²) in [7, 11) is 0. The van der Waals surface area contributed by atoms with Gasteiger partial charge in [0.2, 0.25) is 0 Å². The Balaban J connectivity index is 2.74. The molecule has 0 aromatic carbocycles. The van der Waals surface area contributed by atoms with Gasteiger partial charge in [0.15, 0.2) is 0 Å². The van der Waals surface area contributed by atoms with E-state index >= 15 is 0 Å². The van der Waals surface area contributed by atoms with Gasteiger partial charge in [0, 0.05) is 12.6 Å². The smallest absolute Gasteiger partial charge is 0.122 e. The molecule has 0 aliphatic carbocycles. The van der Waals surface area contributed by atoms with E-state index in [1.807, 2.05) is 13.0 Å². The number of aryl methyl sites for hydroxylation is 1. The highest BCUT2D eigenvalue weighted by molar-refractivity contribution is 5.50. The summed E-state index contributed by atoms with van der Waals surface area (Å²) >= 11 is 0. The SMILES string of the molecule is Cc1ccc(C(O)CC=O)nc1. The van der Waals surface area contributed by atoms with Crippen molar-refractivity contribution >= 4 is 6.29 Å². The number of rotatable bonds is 3. The first-order valence-electron chi connectivity index (χ1n) is 3.78. The van der Waals surface area contributed by atoms with Crippen LogP contribution in [0.15, 0.2) is 18.3 Å². The summed E-state index contributed by atoms with van der Waals surface area (Å²) in [4.78, 5) is 14.1. The lowest BCUT2D eigenvalue weighted by atomic mass is 10.1. The minimum atomic E-state index is -0.761. The van der Waals surface area contributed by atoms with E-state index in [2.05, 4.69) is 4.98 Å². The number of hydrogen-bond acceptors (Lipinski definition) is 3. The molecule has 0 saturated carbocycles. The fourth-order valence-electron chi connectivity index (χ4n) is 0.888. The van der Waals surface area contributed by atoms with Crippen molar-refractivity contribution in [1.29, 1.82) is 0 Å². The summed E-state index contributed by atoms with van der Waals surface area (Å²) in [5.41, 5.74) is 1.59. The minimum Gasteiger partial charge on any atom is -0.386 e. The van der Waals surface area contributed by atoms with E-state index in [1.165, 1.54) is 0 Å². The van der Waals surface area contributed by atoms with Crippen LogP contribution in [0.2, 0.25) is 0 Å². The molecule has 1 N–H and O–H groups in total. The first kappa shape index (κ1) is 8.87. The fourth-order valence-corrected chi connectivity index (χ4v) is 0.888. The standard InChI is InChI=1S/C9H11NO2/c1-7-2-3-8(10-6-7)9(12)4-5-11/h2-3,5-6,9,12H,4H2,1H3. The van der Waals surface area contributed by atoms with Gasteiger partial charge in [-0.2, -0.15) is 0 Å². The highest BCUT2D eigenvalue weighted by Crippen LogP contribution is 2.12. The maximum absolute atomic E-state index is 10.1. The summed E-state index contributed by atoms with van der Waals surface area (Å²) in [5, 5.41) is 9.32. The molecule has 64 valence electrons. The second-order valence-corrected chi connectivity index (χ2v) is 2.68. The Labute approximate surface area is 71.1 Å². The van der Waals surface area contributed by atoms with Crippen LogP contribution in [0.4, 0.5) is 0 Å². The third-order valence-electron chi connectivity index (χ3n) is 1.60. The van der Waals surface area contributed by atoms with Gasteiger partial charge >= 0.3 is 0 Å². The Hall–Kier alpha value is -1.22. The van der Waals surface area contributed by atoms with Gasteiger partial charge in [0.05, 0.1) is 5.69 Å². The molecule has 1 rings (SSSR count). The highest BCUT2D eigenvalue weighted by atomic mass is 16.3. The zero-order valence-corrected chi connectivity index (χ0v) is 6.90. The van der Waals surface area contributed by atoms with Crippen LogP contribution < -0.4 is 0 Å². The van der Waals surface area contributed by atoms with Gasteiger partial charge in [-0.15, -0.1) is 0 Å². The van der Waals surface area contributed by atoms with Crippen LogP contribution in [0.5, 0.6) is 0 Å². The Kier molecular flexibility index (Phi) is 2.94. The first-order valence-corrected chi connectivity index (χ1v) is 3.78. The normalized spacial score (nSPS) is 12.5. The van der Waals surface area contributed by atoms with Gasteiger partial charge in [-0.1, -0.05) is 6.07 Å². The third kappa shape index (κ3) is 2.13. The number of nitrogens with zero attached hydrogens (tertiary/aromatic N) is 1. The van der Waals surface area contributed by atoms with Gasteiger partial charge in [0.25, 0.3) is 0 Å². The Morgan fingerprint density at radius 1 is 1.67 bits per heavy atom. The number of aliphatic hydroxyl groups excluding tert-OH is 1. The molecule has 0 spiro atoms. The molecule has 0 amide bonds. The largest absolute Gasteiger partial charge is 0.386 e. The van der Waals surface area contributed by atoms with E-state index in [0.29, 0.717) is 12.0 Å². The van der Waals surface area contributed by atoms with E-state index in [9.17, 15) is 9.90 Å². The molecule has 1 aromatic heterocycles. The van der Waals surface area contributed by atoms with Crippen LogP contribution in [0.25, 0.3) is 0 Å². The van der Waals surface area contributed by atoms with Gasteiger partial charge in [-0.05, 0) is 18.6 Å². The molecule has 1 heterocycles. The van der Waals surface area contributed by atoms with Crippen molar-refractivity contribution in [2.45, 2.75) is 19.4 Å². The molecule has 0 fully saturated rings. The van der Waals surface area contributed by atoms with Crippen LogP contribution in [0, 0.1) is 6.92 Å². The first-order chi connectivity index (χ1) is 5.74. The van der Waals surface area contributed by atoms with E-state index in [-0.39, 0.29) is 6.42 Å². The summed E-state index contributed by atoms with van der Waals surface area (Å²) in [6, 6.07) is 3.58. The van der Waals surface area contributed by atoms with Crippen LogP contribution >= 0.6 is 0 Å². The Bertz CT molecular complexity index is 256. The molecule has 1 unspecified atom stereocenters. The summed E-state index contributed by atoms with van der Waals surface area (Å²) in [5.74, 6) is 0. The number of aliphatic hydroxyl groups is 1. The van der Waals surface area contributed by atoms with Gasteiger partial charge < -0.3 is 9.90 Å². The zero-order chi connectivity index (χ0) is 8.97. The van der Waals surface area contributed by atoms with Gasteiger partial charge in [0.1, 0.15) is 12.4 Å². The number of pyridine rings is 1. The number of aromatic nitrogens is 1. The summed E-state index contributed by atoms with van der Waals surface area (Å²) in [6.07, 6.45) is 1.70. The van der Waals surface area contributed by atoms with Gasteiger partial charge in [-0.25, -0.2) is 0 Å².